The summed E-state index contributed by atoms with van der Waals surface area (Å²) in [4.78, 5) is 16.0. The van der Waals surface area contributed by atoms with Crippen LogP contribution in [0.15, 0.2) is 12.3 Å². The summed E-state index contributed by atoms with van der Waals surface area (Å²) < 4.78 is 5.45. The minimum atomic E-state index is 0.814. The van der Waals surface area contributed by atoms with Crippen molar-refractivity contribution in [2.45, 2.75) is 12.8 Å². The normalized spacial score (nSPS) is 21.1. The van der Waals surface area contributed by atoms with Gasteiger partial charge in [-0.2, -0.15) is 4.98 Å². The third-order valence-electron chi connectivity index (χ3n) is 4.60. The number of anilines is 2. The van der Waals surface area contributed by atoms with E-state index in [2.05, 4.69) is 19.8 Å². The molecule has 1 aromatic heterocycles. The molecule has 0 radical (unpaired) electrons. The van der Waals surface area contributed by atoms with Gasteiger partial charge in [0, 0.05) is 66.2 Å². The first kappa shape index (κ1) is 15.5. The molecule has 0 aromatic carbocycles. The number of ether oxygens (including phenoxy) is 1. The first-order valence-electron chi connectivity index (χ1n) is 8.28. The summed E-state index contributed by atoms with van der Waals surface area (Å²) in [5.74, 6) is 2.64. The zero-order chi connectivity index (χ0) is 15.4. The molecule has 2 saturated heterocycles. The molecule has 3 rings (SSSR count). The van der Waals surface area contributed by atoms with E-state index in [-0.39, 0.29) is 0 Å². The van der Waals surface area contributed by atoms with Crippen LogP contribution in [0.5, 0.6) is 0 Å². The van der Waals surface area contributed by atoms with Crippen LogP contribution in [-0.2, 0) is 4.74 Å². The van der Waals surface area contributed by atoms with E-state index in [1.165, 1.54) is 19.4 Å². The Labute approximate surface area is 133 Å². The van der Waals surface area contributed by atoms with E-state index in [1.54, 1.807) is 0 Å². The molecule has 0 aliphatic carbocycles. The average molecular weight is 305 g/mol. The van der Waals surface area contributed by atoms with Crippen molar-refractivity contribution in [3.8, 4) is 0 Å². The lowest BCUT2D eigenvalue weighted by Crippen LogP contribution is -2.48. The summed E-state index contributed by atoms with van der Waals surface area (Å²) in [6.07, 6.45) is 4.29. The van der Waals surface area contributed by atoms with E-state index >= 15 is 0 Å². The van der Waals surface area contributed by atoms with E-state index in [9.17, 15) is 0 Å². The Balaban J connectivity index is 1.51. The van der Waals surface area contributed by atoms with Gasteiger partial charge in [-0.15, -0.1) is 0 Å². The van der Waals surface area contributed by atoms with Crippen LogP contribution in [0.3, 0.4) is 0 Å². The lowest BCUT2D eigenvalue weighted by molar-refractivity contribution is 0.0517. The maximum Gasteiger partial charge on any atom is 0.227 e. The maximum absolute atomic E-state index is 5.45. The van der Waals surface area contributed by atoms with Crippen molar-refractivity contribution < 1.29 is 4.74 Å². The fourth-order valence-corrected chi connectivity index (χ4v) is 3.17. The van der Waals surface area contributed by atoms with Crippen LogP contribution in [-0.4, -0.2) is 74.9 Å². The number of aromatic nitrogens is 2. The molecule has 0 N–H and O–H groups in total. The lowest BCUT2D eigenvalue weighted by atomic mass is 9.99. The smallest absolute Gasteiger partial charge is 0.227 e. The van der Waals surface area contributed by atoms with Crippen LogP contribution in [0.25, 0.3) is 0 Å². The molecule has 0 atom stereocenters. The molecule has 0 bridgehead atoms. The van der Waals surface area contributed by atoms with Gasteiger partial charge in [0.15, 0.2) is 0 Å². The standard InChI is InChI=1S/C16H27N5O/c1-19(2)15-3-6-17-16(18-15)21-9-7-20(8-10-21)13-14-4-11-22-12-5-14/h3,6,14H,4-5,7-13H2,1-2H3. The number of nitrogens with zero attached hydrogens (tertiary/aromatic N) is 5. The van der Waals surface area contributed by atoms with Crippen molar-refractivity contribution in [2.24, 2.45) is 5.92 Å². The van der Waals surface area contributed by atoms with Crippen LogP contribution in [0, 0.1) is 5.92 Å². The second kappa shape index (κ2) is 7.24. The van der Waals surface area contributed by atoms with Crippen LogP contribution in [0.2, 0.25) is 0 Å². The van der Waals surface area contributed by atoms with Gasteiger partial charge < -0.3 is 14.5 Å². The second-order valence-electron chi connectivity index (χ2n) is 6.45. The van der Waals surface area contributed by atoms with Gasteiger partial charge in [-0.25, -0.2) is 4.98 Å². The van der Waals surface area contributed by atoms with Crippen molar-refractivity contribution in [3.63, 3.8) is 0 Å². The van der Waals surface area contributed by atoms with Gasteiger partial charge in [0.1, 0.15) is 5.82 Å². The van der Waals surface area contributed by atoms with Crippen LogP contribution in [0.1, 0.15) is 12.8 Å². The monoisotopic (exact) mass is 305 g/mol. The van der Waals surface area contributed by atoms with E-state index in [1.807, 2.05) is 31.3 Å². The molecule has 1 aromatic rings. The van der Waals surface area contributed by atoms with E-state index in [4.69, 9.17) is 4.74 Å². The highest BCUT2D eigenvalue weighted by Crippen LogP contribution is 2.19. The first-order chi connectivity index (χ1) is 10.7. The molecule has 2 aliphatic rings. The van der Waals surface area contributed by atoms with Crippen LogP contribution >= 0.6 is 0 Å². The summed E-state index contributed by atoms with van der Waals surface area (Å²) in [6, 6.07) is 1.95. The van der Waals surface area contributed by atoms with Gasteiger partial charge in [0.05, 0.1) is 0 Å². The Morgan fingerprint density at radius 3 is 2.59 bits per heavy atom. The van der Waals surface area contributed by atoms with Gasteiger partial charge in [0.25, 0.3) is 0 Å². The highest BCUT2D eigenvalue weighted by molar-refractivity contribution is 5.42. The number of hydrogen-bond donors (Lipinski definition) is 0. The Bertz CT molecular complexity index is 467. The maximum atomic E-state index is 5.45. The molecular formula is C16H27N5O. The quantitative estimate of drug-likeness (QED) is 0.830. The minimum absolute atomic E-state index is 0.814. The van der Waals surface area contributed by atoms with E-state index in [0.717, 1.165) is 57.1 Å². The Hall–Kier alpha value is -1.40. The summed E-state index contributed by atoms with van der Waals surface area (Å²) in [5, 5.41) is 0. The molecule has 22 heavy (non-hydrogen) atoms. The van der Waals surface area contributed by atoms with Gasteiger partial charge >= 0.3 is 0 Å². The van der Waals surface area contributed by atoms with Crippen molar-refractivity contribution in [3.05, 3.63) is 12.3 Å². The second-order valence-corrected chi connectivity index (χ2v) is 6.45. The topological polar surface area (TPSA) is 44.7 Å². The third kappa shape index (κ3) is 3.87. The molecule has 0 saturated carbocycles. The number of piperazine rings is 1. The molecule has 2 fully saturated rings. The molecule has 6 heteroatoms. The number of rotatable bonds is 4. The van der Waals surface area contributed by atoms with Gasteiger partial charge in [-0.1, -0.05) is 0 Å². The largest absolute Gasteiger partial charge is 0.381 e. The van der Waals surface area contributed by atoms with Crippen LogP contribution in [0.4, 0.5) is 11.8 Å². The van der Waals surface area contributed by atoms with Crippen molar-refractivity contribution >= 4 is 11.8 Å². The van der Waals surface area contributed by atoms with Crippen LogP contribution < -0.4 is 9.80 Å². The Morgan fingerprint density at radius 1 is 1.18 bits per heavy atom. The fraction of sp³-hybridized carbons (Fsp3) is 0.750. The minimum Gasteiger partial charge on any atom is -0.381 e. The molecule has 0 spiro atoms. The molecule has 2 aliphatic heterocycles. The molecule has 6 nitrogen and oxygen atoms in total. The molecule has 0 amide bonds. The SMILES string of the molecule is CN(C)c1ccnc(N2CCN(CC3CCOCC3)CC2)n1. The first-order valence-corrected chi connectivity index (χ1v) is 8.28. The van der Waals surface area contributed by atoms with E-state index in [0.29, 0.717) is 0 Å². The summed E-state index contributed by atoms with van der Waals surface area (Å²) >= 11 is 0. The van der Waals surface area contributed by atoms with Gasteiger partial charge in [0.2, 0.25) is 5.95 Å². The highest BCUT2D eigenvalue weighted by Gasteiger charge is 2.23. The summed E-state index contributed by atoms with van der Waals surface area (Å²) in [7, 11) is 4.02. The fourth-order valence-electron chi connectivity index (χ4n) is 3.17. The predicted molar refractivity (Wildman–Crippen MR) is 88.6 cm³/mol. The van der Waals surface area contributed by atoms with Crippen molar-refractivity contribution in [1.82, 2.24) is 14.9 Å². The zero-order valence-corrected chi connectivity index (χ0v) is 13.7. The predicted octanol–water partition coefficient (Wildman–Crippen LogP) is 1.09. The molecular weight excluding hydrogens is 278 g/mol. The lowest BCUT2D eigenvalue weighted by Gasteiger charge is -2.37. The zero-order valence-electron chi connectivity index (χ0n) is 13.7. The average Bonchev–Trinajstić information content (AvgIpc) is 2.56. The van der Waals surface area contributed by atoms with Gasteiger partial charge in [-0.3, -0.25) is 4.90 Å². The number of hydrogen-bond acceptors (Lipinski definition) is 6. The van der Waals surface area contributed by atoms with E-state index < -0.39 is 0 Å². The highest BCUT2D eigenvalue weighted by atomic mass is 16.5. The van der Waals surface area contributed by atoms with Crippen molar-refractivity contribution in [1.29, 1.82) is 0 Å². The van der Waals surface area contributed by atoms with Crippen molar-refractivity contribution in [2.75, 3.05) is 69.8 Å². The Morgan fingerprint density at radius 2 is 1.91 bits per heavy atom. The Kier molecular flexibility index (Phi) is 5.10. The summed E-state index contributed by atoms with van der Waals surface area (Å²) in [5.41, 5.74) is 0. The molecule has 122 valence electrons. The molecule has 0 unspecified atom stereocenters. The third-order valence-corrected chi connectivity index (χ3v) is 4.60. The summed E-state index contributed by atoms with van der Waals surface area (Å²) in [6.45, 7) is 7.33. The van der Waals surface area contributed by atoms with Gasteiger partial charge in [-0.05, 0) is 24.8 Å². The molecule has 3 heterocycles.